The lowest BCUT2D eigenvalue weighted by molar-refractivity contribution is 0.415. The highest BCUT2D eigenvalue weighted by atomic mass is 35.5. The van der Waals surface area contributed by atoms with E-state index in [4.69, 9.17) is 11.6 Å². The summed E-state index contributed by atoms with van der Waals surface area (Å²) in [6.07, 6.45) is 7.50. The van der Waals surface area contributed by atoms with Crippen molar-refractivity contribution in [2.24, 2.45) is 0 Å². The van der Waals surface area contributed by atoms with Crippen molar-refractivity contribution in [1.29, 1.82) is 0 Å². The monoisotopic (exact) mass is 366 g/mol. The number of aromatic nitrogens is 3. The molecule has 0 radical (unpaired) electrons. The average Bonchev–Trinajstić information content (AvgIpc) is 3.30. The summed E-state index contributed by atoms with van der Waals surface area (Å²) in [5, 5.41) is 15.4. The first-order valence-corrected chi connectivity index (χ1v) is 9.11. The van der Waals surface area contributed by atoms with E-state index in [2.05, 4.69) is 49.1 Å². The summed E-state index contributed by atoms with van der Waals surface area (Å²) in [7, 11) is 0. The van der Waals surface area contributed by atoms with E-state index in [-0.39, 0.29) is 0 Å². The molecular formula is C19H19ClN6. The second kappa shape index (κ2) is 6.23. The van der Waals surface area contributed by atoms with Crippen LogP contribution in [0, 0.1) is 0 Å². The van der Waals surface area contributed by atoms with E-state index in [0.29, 0.717) is 5.15 Å². The topological polar surface area (TPSA) is 71.8 Å². The number of H-pyrrole nitrogens is 2. The number of anilines is 1. The van der Waals surface area contributed by atoms with Gasteiger partial charge < -0.3 is 20.5 Å². The van der Waals surface area contributed by atoms with Crippen LogP contribution in [0.4, 0.5) is 5.69 Å². The molecular weight excluding hydrogens is 348 g/mol. The molecule has 132 valence electrons. The fraction of sp³-hybridized carbons (Fsp3) is 0.211. The highest BCUT2D eigenvalue weighted by molar-refractivity contribution is 6.34. The van der Waals surface area contributed by atoms with Gasteiger partial charge in [-0.2, -0.15) is 5.10 Å². The molecule has 1 aromatic carbocycles. The summed E-state index contributed by atoms with van der Waals surface area (Å²) in [6, 6.07) is 8.13. The zero-order valence-electron chi connectivity index (χ0n) is 14.1. The molecule has 2 aliphatic heterocycles. The minimum Gasteiger partial charge on any atom is -0.363 e. The van der Waals surface area contributed by atoms with Gasteiger partial charge in [0.2, 0.25) is 0 Å². The highest BCUT2D eigenvalue weighted by Crippen LogP contribution is 2.31. The van der Waals surface area contributed by atoms with Crippen LogP contribution < -0.4 is 10.6 Å². The Morgan fingerprint density at radius 1 is 1.23 bits per heavy atom. The predicted molar refractivity (Wildman–Crippen MR) is 105 cm³/mol. The van der Waals surface area contributed by atoms with Gasteiger partial charge in [-0.1, -0.05) is 17.7 Å². The van der Waals surface area contributed by atoms with E-state index in [0.717, 1.165) is 48.3 Å². The van der Waals surface area contributed by atoms with Gasteiger partial charge in [-0.15, -0.1) is 0 Å². The number of nitrogens with one attached hydrogen (secondary N) is 4. The fourth-order valence-corrected chi connectivity index (χ4v) is 3.79. The molecule has 5 rings (SSSR count). The molecule has 4 N–H and O–H groups in total. The minimum atomic E-state index is 0.560. The normalized spacial score (nSPS) is 17.0. The Bertz CT molecular complexity index is 1030. The highest BCUT2D eigenvalue weighted by Gasteiger charge is 2.21. The first-order valence-electron chi connectivity index (χ1n) is 8.73. The lowest BCUT2D eigenvalue weighted by Gasteiger charge is -2.31. The lowest BCUT2D eigenvalue weighted by atomic mass is 10.1. The Labute approximate surface area is 155 Å². The van der Waals surface area contributed by atoms with Crippen LogP contribution in [0.3, 0.4) is 0 Å². The summed E-state index contributed by atoms with van der Waals surface area (Å²) in [6.45, 7) is 2.81. The van der Waals surface area contributed by atoms with E-state index in [1.54, 1.807) is 0 Å². The smallest absolute Gasteiger partial charge is 0.132 e. The van der Waals surface area contributed by atoms with Crippen molar-refractivity contribution < 1.29 is 0 Å². The third kappa shape index (κ3) is 2.67. The van der Waals surface area contributed by atoms with Crippen LogP contribution in [0.2, 0.25) is 5.15 Å². The zero-order valence-corrected chi connectivity index (χ0v) is 14.9. The van der Waals surface area contributed by atoms with Crippen LogP contribution in [0.1, 0.15) is 17.7 Å². The van der Waals surface area contributed by atoms with Gasteiger partial charge in [0.1, 0.15) is 5.15 Å². The van der Waals surface area contributed by atoms with Crippen LogP contribution >= 0.6 is 11.6 Å². The Balaban J connectivity index is 1.50. The number of fused-ring (bicyclic) bond motifs is 2. The van der Waals surface area contributed by atoms with E-state index in [1.165, 1.54) is 17.0 Å². The SMILES string of the molecule is Clc1[nH]nc2ccc(NC3=CN(C4=CCNCC4)Cc4[nH]ccc43)cc12. The summed E-state index contributed by atoms with van der Waals surface area (Å²) >= 11 is 6.19. The molecule has 0 saturated carbocycles. The van der Waals surface area contributed by atoms with Crippen molar-refractivity contribution >= 4 is 33.9 Å². The number of benzene rings is 1. The molecule has 0 unspecified atom stereocenters. The van der Waals surface area contributed by atoms with Crippen LogP contribution in [-0.2, 0) is 6.54 Å². The molecule has 0 saturated heterocycles. The summed E-state index contributed by atoms with van der Waals surface area (Å²) in [4.78, 5) is 5.70. The standard InChI is InChI=1S/C19H19ClN6/c20-19-15-9-12(1-2-16(15)24-25-19)23-18-11-26(13-3-6-21-7-4-13)10-17-14(18)5-8-22-17/h1-3,5,8-9,11,21-23H,4,6-7,10H2,(H,24,25). The Kier molecular flexibility index (Phi) is 3.72. The number of rotatable bonds is 3. The second-order valence-electron chi connectivity index (χ2n) is 6.58. The van der Waals surface area contributed by atoms with Gasteiger partial charge in [0, 0.05) is 53.5 Å². The van der Waals surface area contributed by atoms with E-state index in [1.807, 2.05) is 24.4 Å². The maximum atomic E-state index is 6.19. The molecule has 0 atom stereocenters. The van der Waals surface area contributed by atoms with Gasteiger partial charge >= 0.3 is 0 Å². The molecule has 7 heteroatoms. The number of nitrogens with zero attached hydrogens (tertiary/aromatic N) is 2. The molecule has 3 aromatic rings. The maximum absolute atomic E-state index is 6.19. The van der Waals surface area contributed by atoms with Gasteiger partial charge in [-0.3, -0.25) is 5.10 Å². The van der Waals surface area contributed by atoms with Crippen LogP contribution in [0.25, 0.3) is 16.6 Å². The third-order valence-electron chi connectivity index (χ3n) is 4.93. The van der Waals surface area contributed by atoms with Crippen molar-refractivity contribution in [2.75, 3.05) is 18.4 Å². The Morgan fingerprint density at radius 3 is 3.08 bits per heavy atom. The molecule has 2 aliphatic rings. The van der Waals surface area contributed by atoms with Crippen molar-refractivity contribution in [3.05, 3.63) is 64.8 Å². The van der Waals surface area contributed by atoms with Crippen molar-refractivity contribution in [2.45, 2.75) is 13.0 Å². The summed E-state index contributed by atoms with van der Waals surface area (Å²) in [5.41, 5.74) is 6.70. The average molecular weight is 367 g/mol. The molecule has 0 amide bonds. The Hall–Kier alpha value is -2.70. The largest absolute Gasteiger partial charge is 0.363 e. The number of halogens is 1. The van der Waals surface area contributed by atoms with E-state index in [9.17, 15) is 0 Å². The molecule has 0 fully saturated rings. The molecule has 0 spiro atoms. The van der Waals surface area contributed by atoms with E-state index >= 15 is 0 Å². The Morgan fingerprint density at radius 2 is 2.19 bits per heavy atom. The number of hydrogen-bond acceptors (Lipinski definition) is 4. The molecule has 6 nitrogen and oxygen atoms in total. The lowest BCUT2D eigenvalue weighted by Crippen LogP contribution is -2.29. The van der Waals surface area contributed by atoms with Crippen molar-refractivity contribution in [3.8, 4) is 0 Å². The first-order chi connectivity index (χ1) is 12.8. The van der Waals surface area contributed by atoms with Gasteiger partial charge in [0.25, 0.3) is 0 Å². The van der Waals surface area contributed by atoms with Crippen LogP contribution in [0.15, 0.2) is 48.4 Å². The van der Waals surface area contributed by atoms with E-state index < -0.39 is 0 Å². The summed E-state index contributed by atoms with van der Waals surface area (Å²) < 4.78 is 0. The second-order valence-corrected chi connectivity index (χ2v) is 6.96. The third-order valence-corrected chi connectivity index (χ3v) is 5.22. The number of hydrogen-bond donors (Lipinski definition) is 4. The van der Waals surface area contributed by atoms with Crippen LogP contribution in [-0.4, -0.2) is 33.2 Å². The molecule has 4 heterocycles. The number of aromatic amines is 2. The van der Waals surface area contributed by atoms with Gasteiger partial charge in [-0.25, -0.2) is 0 Å². The molecule has 26 heavy (non-hydrogen) atoms. The first kappa shape index (κ1) is 15.5. The van der Waals surface area contributed by atoms with Gasteiger partial charge in [-0.05, 0) is 30.7 Å². The molecule has 2 aromatic heterocycles. The van der Waals surface area contributed by atoms with Gasteiger partial charge in [0.05, 0.1) is 17.8 Å². The van der Waals surface area contributed by atoms with Crippen molar-refractivity contribution in [1.82, 2.24) is 25.4 Å². The fourth-order valence-electron chi connectivity index (χ4n) is 3.60. The van der Waals surface area contributed by atoms with Crippen LogP contribution in [0.5, 0.6) is 0 Å². The summed E-state index contributed by atoms with van der Waals surface area (Å²) in [5.74, 6) is 0. The zero-order chi connectivity index (χ0) is 17.5. The van der Waals surface area contributed by atoms with Crippen molar-refractivity contribution in [3.63, 3.8) is 0 Å². The van der Waals surface area contributed by atoms with Gasteiger partial charge in [0.15, 0.2) is 0 Å². The molecule has 0 bridgehead atoms. The molecule has 0 aliphatic carbocycles. The predicted octanol–water partition coefficient (Wildman–Crippen LogP) is 3.65. The maximum Gasteiger partial charge on any atom is 0.132 e. The quantitative estimate of drug-likeness (QED) is 0.571. The minimum absolute atomic E-state index is 0.560.